The molecule has 0 unspecified atom stereocenters. The Morgan fingerprint density at radius 3 is 2.06 bits per heavy atom. The number of nitrogens with one attached hydrogen (secondary N) is 2. The molecule has 0 heterocycles. The number of amides is 1. The van der Waals surface area contributed by atoms with Crippen molar-refractivity contribution in [2.75, 3.05) is 16.3 Å². The van der Waals surface area contributed by atoms with Crippen LogP contribution < -0.4 is 10.0 Å². The maximum Gasteiger partial charge on any atom is 0.256 e. The second kappa shape index (κ2) is 7.37. The normalized spacial score (nSPS) is 29.0. The number of carbonyl (C=O) groups is 1. The highest BCUT2D eigenvalue weighted by Crippen LogP contribution is 2.60. The fourth-order valence-electron chi connectivity index (χ4n) is 6.76. The minimum Gasteiger partial charge on any atom is -0.322 e. The number of hydrogen-bond donors (Lipinski definition) is 2. The molecule has 31 heavy (non-hydrogen) atoms. The summed E-state index contributed by atoms with van der Waals surface area (Å²) in [5, 5.41) is 2.97. The van der Waals surface area contributed by atoms with Crippen LogP contribution in [0.15, 0.2) is 42.5 Å². The van der Waals surface area contributed by atoms with Crippen LogP contribution in [-0.4, -0.2) is 20.6 Å². The van der Waals surface area contributed by atoms with Crippen molar-refractivity contribution in [1.29, 1.82) is 0 Å². The van der Waals surface area contributed by atoms with Gasteiger partial charge in [-0.15, -0.1) is 0 Å². The molecular formula is C25H30N2O3S. The summed E-state index contributed by atoms with van der Waals surface area (Å²) in [5.41, 5.74) is 4.03. The van der Waals surface area contributed by atoms with E-state index in [2.05, 4.69) is 22.2 Å². The van der Waals surface area contributed by atoms with Crippen molar-refractivity contribution in [1.82, 2.24) is 0 Å². The molecule has 0 radical (unpaired) electrons. The van der Waals surface area contributed by atoms with E-state index in [0.717, 1.165) is 29.7 Å². The van der Waals surface area contributed by atoms with E-state index in [9.17, 15) is 13.2 Å². The molecule has 4 aliphatic carbocycles. The van der Waals surface area contributed by atoms with Crippen molar-refractivity contribution >= 4 is 27.3 Å². The lowest BCUT2D eigenvalue weighted by molar-refractivity contribution is -0.00518. The molecule has 6 rings (SSSR count). The average Bonchev–Trinajstić information content (AvgIpc) is 2.68. The summed E-state index contributed by atoms with van der Waals surface area (Å²) in [4.78, 5) is 12.9. The van der Waals surface area contributed by atoms with Gasteiger partial charge in [0.05, 0.1) is 11.9 Å². The van der Waals surface area contributed by atoms with E-state index in [1.165, 1.54) is 44.1 Å². The zero-order valence-corrected chi connectivity index (χ0v) is 19.0. The van der Waals surface area contributed by atoms with Gasteiger partial charge >= 0.3 is 0 Å². The molecule has 2 aromatic carbocycles. The number of hydrogen-bond acceptors (Lipinski definition) is 3. The number of anilines is 2. The molecule has 4 bridgehead atoms. The summed E-state index contributed by atoms with van der Waals surface area (Å²) < 4.78 is 25.6. The molecule has 4 aliphatic rings. The molecule has 6 heteroatoms. The lowest BCUT2D eigenvalue weighted by Gasteiger charge is -2.57. The van der Waals surface area contributed by atoms with Gasteiger partial charge in [-0.1, -0.05) is 18.2 Å². The summed E-state index contributed by atoms with van der Waals surface area (Å²) >= 11 is 0. The van der Waals surface area contributed by atoms with Crippen molar-refractivity contribution in [3.63, 3.8) is 0 Å². The smallest absolute Gasteiger partial charge is 0.256 e. The fourth-order valence-corrected chi connectivity index (χ4v) is 7.38. The molecule has 2 aromatic rings. The predicted octanol–water partition coefficient (Wildman–Crippen LogP) is 5.09. The maximum absolute atomic E-state index is 12.9. The van der Waals surface area contributed by atoms with Crippen LogP contribution in [-0.2, 0) is 15.4 Å². The minimum atomic E-state index is -3.41. The van der Waals surface area contributed by atoms with E-state index < -0.39 is 10.0 Å². The van der Waals surface area contributed by atoms with E-state index in [-0.39, 0.29) is 5.91 Å². The number of carbonyl (C=O) groups excluding carboxylic acids is 1. The van der Waals surface area contributed by atoms with Gasteiger partial charge in [-0.3, -0.25) is 9.52 Å². The van der Waals surface area contributed by atoms with Crippen LogP contribution in [0.3, 0.4) is 0 Å². The fraction of sp³-hybridized carbons (Fsp3) is 0.480. The quantitative estimate of drug-likeness (QED) is 0.683. The van der Waals surface area contributed by atoms with Crippen molar-refractivity contribution < 1.29 is 13.2 Å². The van der Waals surface area contributed by atoms with Crippen LogP contribution in [0.1, 0.15) is 60.0 Å². The topological polar surface area (TPSA) is 75.3 Å². The lowest BCUT2D eigenvalue weighted by atomic mass is 9.48. The van der Waals surface area contributed by atoms with Gasteiger partial charge in [0.2, 0.25) is 10.0 Å². The molecule has 0 aliphatic heterocycles. The monoisotopic (exact) mass is 438 g/mol. The highest BCUT2D eigenvalue weighted by atomic mass is 32.2. The van der Waals surface area contributed by atoms with Gasteiger partial charge in [0.25, 0.3) is 5.91 Å². The Balaban J connectivity index is 1.33. The Hall–Kier alpha value is -2.34. The third-order valence-corrected chi connectivity index (χ3v) is 8.26. The second-order valence-corrected chi connectivity index (χ2v) is 11.8. The van der Waals surface area contributed by atoms with Gasteiger partial charge in [0, 0.05) is 11.3 Å². The molecule has 0 spiro atoms. The Morgan fingerprint density at radius 2 is 1.52 bits per heavy atom. The maximum atomic E-state index is 12.9. The molecule has 0 saturated heterocycles. The van der Waals surface area contributed by atoms with Gasteiger partial charge < -0.3 is 5.32 Å². The van der Waals surface area contributed by atoms with Crippen molar-refractivity contribution in [2.24, 2.45) is 17.8 Å². The zero-order valence-electron chi connectivity index (χ0n) is 18.1. The molecule has 5 nitrogen and oxygen atoms in total. The molecule has 1 amide bonds. The molecule has 164 valence electrons. The third kappa shape index (κ3) is 3.98. The standard InChI is InChI=1S/C25H30N2O3S/c1-16-22(4-3-5-23(16)27-31(2,29)30)24(28)26-21-8-6-20(7-9-21)25-13-17-10-18(14-25)12-19(11-17)15-25/h3-9,17-19,27H,10-15H2,1-2H3,(H,26,28). The summed E-state index contributed by atoms with van der Waals surface area (Å²) in [6.07, 6.45) is 9.36. The van der Waals surface area contributed by atoms with Crippen LogP contribution in [0.5, 0.6) is 0 Å². The highest BCUT2D eigenvalue weighted by molar-refractivity contribution is 7.92. The Bertz CT molecular complexity index is 1090. The van der Waals surface area contributed by atoms with E-state index in [0.29, 0.717) is 22.2 Å². The molecule has 0 atom stereocenters. The van der Waals surface area contributed by atoms with Gasteiger partial charge in [-0.05, 0) is 104 Å². The van der Waals surface area contributed by atoms with Crippen molar-refractivity contribution in [2.45, 2.75) is 50.9 Å². The summed E-state index contributed by atoms with van der Waals surface area (Å²) in [6, 6.07) is 13.5. The van der Waals surface area contributed by atoms with E-state index in [1.807, 2.05) is 12.1 Å². The van der Waals surface area contributed by atoms with Gasteiger partial charge in [0.15, 0.2) is 0 Å². The van der Waals surface area contributed by atoms with Crippen LogP contribution in [0.2, 0.25) is 0 Å². The van der Waals surface area contributed by atoms with Crippen LogP contribution in [0, 0.1) is 24.7 Å². The summed E-state index contributed by atoms with van der Waals surface area (Å²) in [5.74, 6) is 2.47. The molecule has 2 N–H and O–H groups in total. The predicted molar refractivity (Wildman–Crippen MR) is 124 cm³/mol. The largest absolute Gasteiger partial charge is 0.322 e. The van der Waals surface area contributed by atoms with Crippen LogP contribution >= 0.6 is 0 Å². The van der Waals surface area contributed by atoms with Gasteiger partial charge in [0.1, 0.15) is 0 Å². The Morgan fingerprint density at radius 1 is 0.935 bits per heavy atom. The zero-order chi connectivity index (χ0) is 21.8. The molecule has 4 fully saturated rings. The van der Waals surface area contributed by atoms with E-state index in [1.54, 1.807) is 25.1 Å². The van der Waals surface area contributed by atoms with Crippen LogP contribution in [0.25, 0.3) is 0 Å². The second-order valence-electron chi connectivity index (χ2n) is 10.1. The molecule has 0 aromatic heterocycles. The summed E-state index contributed by atoms with van der Waals surface area (Å²) in [7, 11) is -3.41. The Labute approximate surface area is 184 Å². The lowest BCUT2D eigenvalue weighted by Crippen LogP contribution is -2.48. The SMILES string of the molecule is Cc1c(NS(C)(=O)=O)cccc1C(=O)Nc1ccc(C23CC4CC(CC(C4)C2)C3)cc1. The molecule has 4 saturated carbocycles. The first-order chi connectivity index (χ1) is 14.7. The van der Waals surface area contributed by atoms with Crippen molar-refractivity contribution in [3.05, 3.63) is 59.2 Å². The number of rotatable bonds is 5. The first-order valence-corrected chi connectivity index (χ1v) is 13.1. The Kier molecular flexibility index (Phi) is 4.88. The van der Waals surface area contributed by atoms with Crippen LogP contribution in [0.4, 0.5) is 11.4 Å². The first-order valence-electron chi connectivity index (χ1n) is 11.2. The minimum absolute atomic E-state index is 0.239. The van der Waals surface area contributed by atoms with E-state index >= 15 is 0 Å². The average molecular weight is 439 g/mol. The summed E-state index contributed by atoms with van der Waals surface area (Å²) in [6.45, 7) is 1.75. The third-order valence-electron chi connectivity index (χ3n) is 7.67. The molecular weight excluding hydrogens is 408 g/mol. The van der Waals surface area contributed by atoms with Crippen molar-refractivity contribution in [3.8, 4) is 0 Å². The number of sulfonamides is 1. The first kappa shape index (κ1) is 20.6. The van der Waals surface area contributed by atoms with E-state index in [4.69, 9.17) is 0 Å². The highest BCUT2D eigenvalue weighted by Gasteiger charge is 2.51. The van der Waals surface area contributed by atoms with Gasteiger partial charge in [-0.2, -0.15) is 0 Å². The van der Waals surface area contributed by atoms with Gasteiger partial charge in [-0.25, -0.2) is 8.42 Å². The number of benzene rings is 2.